The van der Waals surface area contributed by atoms with Gasteiger partial charge in [-0.1, -0.05) is 12.1 Å². The Labute approximate surface area is 218 Å². The van der Waals surface area contributed by atoms with Crippen LogP contribution in [-0.4, -0.2) is 91.8 Å². The summed E-state index contributed by atoms with van der Waals surface area (Å²) < 4.78 is 24.2. The largest absolute Gasteiger partial charge is 0.371 e. The van der Waals surface area contributed by atoms with Gasteiger partial charge < -0.3 is 20.4 Å². The standard InChI is InChI=1S/C26H34N8O2S/c1-32-15-17-34(18-16-32)22-11-13-33(14-12-22)21-9-7-20(8-10-21)29-25-27-19-28-26(31-25)30-23-5-3-4-6-24(23)37(2,35)36/h3-10,19,22H,11-18H2,1-2H3,(H2,27,28,29,30,31). The Hall–Kier alpha value is -3.28. The van der Waals surface area contributed by atoms with Gasteiger partial charge in [-0.05, 0) is 56.3 Å². The lowest BCUT2D eigenvalue weighted by Crippen LogP contribution is -2.52. The van der Waals surface area contributed by atoms with Crippen molar-refractivity contribution < 1.29 is 8.42 Å². The molecule has 196 valence electrons. The van der Waals surface area contributed by atoms with E-state index in [0.29, 0.717) is 17.7 Å². The number of hydrogen-bond donors (Lipinski definition) is 2. The van der Waals surface area contributed by atoms with Gasteiger partial charge in [-0.3, -0.25) is 4.90 Å². The maximum atomic E-state index is 12.1. The second-order valence-corrected chi connectivity index (χ2v) is 11.7. The molecule has 2 aromatic carbocycles. The van der Waals surface area contributed by atoms with Crippen LogP contribution in [0.3, 0.4) is 0 Å². The minimum Gasteiger partial charge on any atom is -0.371 e. The summed E-state index contributed by atoms with van der Waals surface area (Å²) in [4.78, 5) is 20.5. The van der Waals surface area contributed by atoms with E-state index in [9.17, 15) is 8.42 Å². The number of hydrogen-bond acceptors (Lipinski definition) is 10. The number of piperazine rings is 1. The summed E-state index contributed by atoms with van der Waals surface area (Å²) in [7, 11) is -1.19. The highest BCUT2D eigenvalue weighted by atomic mass is 32.2. The number of rotatable bonds is 7. The van der Waals surface area contributed by atoms with Crippen molar-refractivity contribution in [1.29, 1.82) is 0 Å². The zero-order chi connectivity index (χ0) is 25.8. The fourth-order valence-corrected chi connectivity index (χ4v) is 5.84. The molecule has 10 nitrogen and oxygen atoms in total. The average Bonchev–Trinajstić information content (AvgIpc) is 2.90. The van der Waals surface area contributed by atoms with Gasteiger partial charge in [-0.15, -0.1) is 0 Å². The summed E-state index contributed by atoms with van der Waals surface area (Å²) >= 11 is 0. The van der Waals surface area contributed by atoms with Crippen LogP contribution in [0.1, 0.15) is 12.8 Å². The number of piperidine rings is 1. The van der Waals surface area contributed by atoms with E-state index in [1.807, 2.05) is 12.1 Å². The van der Waals surface area contributed by atoms with Crippen LogP contribution < -0.4 is 15.5 Å². The molecule has 0 radical (unpaired) electrons. The van der Waals surface area contributed by atoms with Crippen LogP contribution in [0.5, 0.6) is 0 Å². The molecular formula is C26H34N8O2S. The molecule has 3 heterocycles. The number of sulfone groups is 1. The maximum absolute atomic E-state index is 12.1. The van der Waals surface area contributed by atoms with Crippen LogP contribution in [0.25, 0.3) is 0 Å². The van der Waals surface area contributed by atoms with Crippen LogP contribution in [0.15, 0.2) is 59.8 Å². The highest BCUT2D eigenvalue weighted by molar-refractivity contribution is 7.90. The molecule has 2 aliphatic heterocycles. The lowest BCUT2D eigenvalue weighted by Gasteiger charge is -2.42. The molecule has 0 aliphatic carbocycles. The zero-order valence-corrected chi connectivity index (χ0v) is 22.2. The predicted molar refractivity (Wildman–Crippen MR) is 147 cm³/mol. The van der Waals surface area contributed by atoms with Crippen molar-refractivity contribution in [2.75, 3.05) is 68.1 Å². The molecule has 1 aromatic heterocycles. The molecule has 0 bridgehead atoms. The average molecular weight is 523 g/mol. The smallest absolute Gasteiger partial charge is 0.232 e. The van der Waals surface area contributed by atoms with Gasteiger partial charge in [-0.25, -0.2) is 18.4 Å². The molecule has 2 aliphatic rings. The number of nitrogens with zero attached hydrogens (tertiary/aromatic N) is 6. The number of para-hydroxylation sites is 1. The molecule has 0 atom stereocenters. The lowest BCUT2D eigenvalue weighted by atomic mass is 10.0. The van der Waals surface area contributed by atoms with E-state index in [2.05, 4.69) is 59.5 Å². The highest BCUT2D eigenvalue weighted by Crippen LogP contribution is 2.26. The van der Waals surface area contributed by atoms with Gasteiger partial charge in [0.1, 0.15) is 6.33 Å². The number of nitrogens with one attached hydrogen (secondary N) is 2. The van der Waals surface area contributed by atoms with Crippen LogP contribution >= 0.6 is 0 Å². The summed E-state index contributed by atoms with van der Waals surface area (Å²) in [5.74, 6) is 0.628. The van der Waals surface area contributed by atoms with Crippen LogP contribution in [-0.2, 0) is 9.84 Å². The van der Waals surface area contributed by atoms with Gasteiger partial charge in [0.25, 0.3) is 0 Å². The maximum Gasteiger partial charge on any atom is 0.232 e. The third-order valence-corrected chi connectivity index (χ3v) is 8.27. The Morgan fingerprint density at radius 1 is 0.838 bits per heavy atom. The van der Waals surface area contributed by atoms with Crippen molar-refractivity contribution in [2.24, 2.45) is 0 Å². The van der Waals surface area contributed by atoms with Crippen molar-refractivity contribution in [1.82, 2.24) is 24.8 Å². The monoisotopic (exact) mass is 522 g/mol. The summed E-state index contributed by atoms with van der Waals surface area (Å²) in [5, 5.41) is 6.20. The fraction of sp³-hybridized carbons (Fsp3) is 0.423. The van der Waals surface area contributed by atoms with E-state index in [4.69, 9.17) is 0 Å². The first kappa shape index (κ1) is 25.4. The Balaban J connectivity index is 1.18. The van der Waals surface area contributed by atoms with E-state index in [0.717, 1.165) is 18.8 Å². The number of likely N-dealkylation sites (N-methyl/N-ethyl adjacent to an activating group) is 1. The van der Waals surface area contributed by atoms with Gasteiger partial charge >= 0.3 is 0 Å². The molecule has 0 spiro atoms. The molecule has 2 N–H and O–H groups in total. The molecular weight excluding hydrogens is 488 g/mol. The summed E-state index contributed by atoms with van der Waals surface area (Å²) in [5.41, 5.74) is 2.51. The number of aromatic nitrogens is 3. The fourth-order valence-electron chi connectivity index (χ4n) is 4.99. The summed E-state index contributed by atoms with van der Waals surface area (Å²) in [6.45, 7) is 6.84. The zero-order valence-electron chi connectivity index (χ0n) is 21.3. The molecule has 2 fully saturated rings. The summed E-state index contributed by atoms with van der Waals surface area (Å²) in [6, 6.07) is 15.7. The topological polar surface area (TPSA) is 107 Å². The van der Waals surface area contributed by atoms with Crippen LogP contribution in [0, 0.1) is 0 Å². The molecule has 5 rings (SSSR count). The minimum absolute atomic E-state index is 0.188. The Bertz CT molecular complexity index is 1300. The van der Waals surface area contributed by atoms with Crippen molar-refractivity contribution >= 4 is 38.8 Å². The van der Waals surface area contributed by atoms with Gasteiger partial charge in [0, 0.05) is 62.9 Å². The van der Waals surface area contributed by atoms with Crippen molar-refractivity contribution in [3.8, 4) is 0 Å². The molecule has 37 heavy (non-hydrogen) atoms. The van der Waals surface area contributed by atoms with Gasteiger partial charge in [0.05, 0.1) is 10.6 Å². The first-order chi connectivity index (χ1) is 17.8. The van der Waals surface area contributed by atoms with Crippen LogP contribution in [0.2, 0.25) is 0 Å². The van der Waals surface area contributed by atoms with Crippen molar-refractivity contribution in [3.63, 3.8) is 0 Å². The predicted octanol–water partition coefficient (Wildman–Crippen LogP) is 2.98. The van der Waals surface area contributed by atoms with E-state index in [-0.39, 0.29) is 10.8 Å². The first-order valence-corrected chi connectivity index (χ1v) is 14.5. The quantitative estimate of drug-likeness (QED) is 0.481. The van der Waals surface area contributed by atoms with Crippen molar-refractivity contribution in [2.45, 2.75) is 23.8 Å². The second-order valence-electron chi connectivity index (χ2n) is 9.76. The minimum atomic E-state index is -3.39. The molecule has 11 heteroatoms. The Morgan fingerprint density at radius 3 is 2.16 bits per heavy atom. The molecule has 0 saturated carbocycles. The molecule has 0 unspecified atom stereocenters. The van der Waals surface area contributed by atoms with E-state index < -0.39 is 9.84 Å². The number of benzene rings is 2. The highest BCUT2D eigenvalue weighted by Gasteiger charge is 2.26. The first-order valence-electron chi connectivity index (χ1n) is 12.6. The molecule has 2 saturated heterocycles. The van der Waals surface area contributed by atoms with Crippen molar-refractivity contribution in [3.05, 3.63) is 54.9 Å². The molecule has 0 amide bonds. The van der Waals surface area contributed by atoms with E-state index >= 15 is 0 Å². The second kappa shape index (κ2) is 11.0. The number of anilines is 5. The van der Waals surface area contributed by atoms with Gasteiger partial charge in [0.2, 0.25) is 11.9 Å². The SMILES string of the molecule is CN1CCN(C2CCN(c3ccc(Nc4ncnc(Nc5ccccc5S(C)(=O)=O)n4)cc3)CC2)CC1. The Morgan fingerprint density at radius 2 is 1.49 bits per heavy atom. The summed E-state index contributed by atoms with van der Waals surface area (Å²) in [6.07, 6.45) is 4.96. The lowest BCUT2D eigenvalue weighted by molar-refractivity contribution is 0.0982. The van der Waals surface area contributed by atoms with E-state index in [1.165, 1.54) is 57.3 Å². The normalized spacial score (nSPS) is 18.1. The molecule has 3 aromatic rings. The third-order valence-electron chi connectivity index (χ3n) is 7.11. The third kappa shape index (κ3) is 6.35. The van der Waals surface area contributed by atoms with Gasteiger partial charge in [-0.2, -0.15) is 4.98 Å². The van der Waals surface area contributed by atoms with E-state index in [1.54, 1.807) is 24.3 Å². The Kier molecular flexibility index (Phi) is 7.54. The van der Waals surface area contributed by atoms with Gasteiger partial charge in [0.15, 0.2) is 9.84 Å². The van der Waals surface area contributed by atoms with Crippen LogP contribution in [0.4, 0.5) is 29.0 Å².